The maximum Gasteiger partial charge on any atom is 0.319 e. The lowest BCUT2D eigenvalue weighted by Crippen LogP contribution is -2.44. The summed E-state index contributed by atoms with van der Waals surface area (Å²) in [6, 6.07) is 0. The number of esters is 2. The van der Waals surface area contributed by atoms with Crippen LogP contribution < -0.4 is 0 Å². The van der Waals surface area contributed by atoms with Crippen LogP contribution in [0.25, 0.3) is 0 Å². The summed E-state index contributed by atoms with van der Waals surface area (Å²) in [5.74, 6) is -0.484. The number of ether oxygens (including phenoxy) is 2. The van der Waals surface area contributed by atoms with Crippen LogP contribution in [0.1, 0.15) is 13.8 Å². The minimum atomic E-state index is -0.249. The van der Waals surface area contributed by atoms with Crippen LogP contribution in [-0.4, -0.2) is 124 Å². The summed E-state index contributed by atoms with van der Waals surface area (Å²) in [5.41, 5.74) is 0. The summed E-state index contributed by atoms with van der Waals surface area (Å²) in [5, 5.41) is 0. The molecule has 1 aliphatic rings. The molecule has 0 aromatic carbocycles. The number of hydrogen-bond acceptors (Lipinski definition) is 8. The summed E-state index contributed by atoms with van der Waals surface area (Å²) in [4.78, 5) is 32.5. The lowest BCUT2D eigenvalue weighted by molar-refractivity contribution is -0.143. The average molecular weight is 399 g/mol. The molecule has 1 heterocycles. The molecular formula is C20H38N4O4. The molecule has 0 spiro atoms. The maximum absolute atomic E-state index is 11.8. The minimum absolute atomic E-state index is 0.235. The first-order valence-corrected chi connectivity index (χ1v) is 10.2. The summed E-state index contributed by atoms with van der Waals surface area (Å²) >= 11 is 0. The Labute approximate surface area is 170 Å². The molecule has 0 N–H and O–H groups in total. The van der Waals surface area contributed by atoms with Gasteiger partial charge in [-0.05, 0) is 13.1 Å². The number of carbonyl (C=O) groups is 2. The Morgan fingerprint density at radius 3 is 1.57 bits per heavy atom. The second kappa shape index (κ2) is 14.5. The van der Waals surface area contributed by atoms with Crippen LogP contribution in [0, 0.1) is 0 Å². The van der Waals surface area contributed by atoms with Gasteiger partial charge in [0.15, 0.2) is 0 Å². The largest absolute Gasteiger partial charge is 0.468 e. The smallest absolute Gasteiger partial charge is 0.319 e. The quantitative estimate of drug-likeness (QED) is 0.463. The molecule has 0 aliphatic carbocycles. The standard InChI is InChI=1S/C20H38N4O4/c1-5-21-9-7-8-10-23(17-19(25)27-3)15-16-24(18-20(26)28-4)14-13-22(6-2)12-11-21/h7-8H,5-6,9-18H2,1-4H3. The van der Waals surface area contributed by atoms with Crippen LogP contribution in [0.2, 0.25) is 0 Å². The van der Waals surface area contributed by atoms with Crippen molar-refractivity contribution in [2.75, 3.05) is 92.8 Å². The Morgan fingerprint density at radius 2 is 1.07 bits per heavy atom. The van der Waals surface area contributed by atoms with Gasteiger partial charge in [-0.3, -0.25) is 24.3 Å². The third kappa shape index (κ3) is 10.2. The van der Waals surface area contributed by atoms with E-state index >= 15 is 0 Å². The molecule has 0 fully saturated rings. The molecule has 1 rings (SSSR count). The first-order chi connectivity index (χ1) is 13.5. The Bertz CT molecular complexity index is 487. The zero-order valence-corrected chi connectivity index (χ0v) is 18.1. The van der Waals surface area contributed by atoms with Crippen LogP contribution in [0.3, 0.4) is 0 Å². The SMILES string of the molecule is CCN1CC=CCN(CC(=O)OC)CCN(CC(=O)OC)CCN(CC)CC1. The fourth-order valence-corrected chi connectivity index (χ4v) is 3.10. The molecule has 0 saturated carbocycles. The van der Waals surface area contributed by atoms with Crippen molar-refractivity contribution < 1.29 is 19.1 Å². The van der Waals surface area contributed by atoms with E-state index in [4.69, 9.17) is 9.47 Å². The number of rotatable bonds is 6. The van der Waals surface area contributed by atoms with Crippen molar-refractivity contribution in [2.24, 2.45) is 0 Å². The van der Waals surface area contributed by atoms with E-state index in [-0.39, 0.29) is 25.0 Å². The van der Waals surface area contributed by atoms with E-state index in [9.17, 15) is 9.59 Å². The Hall–Kier alpha value is -1.48. The number of methoxy groups -OCH3 is 2. The van der Waals surface area contributed by atoms with E-state index in [0.29, 0.717) is 19.6 Å². The predicted molar refractivity (Wildman–Crippen MR) is 110 cm³/mol. The van der Waals surface area contributed by atoms with Gasteiger partial charge >= 0.3 is 11.9 Å². The maximum atomic E-state index is 11.8. The molecule has 1 aliphatic heterocycles. The summed E-state index contributed by atoms with van der Waals surface area (Å²) in [6.45, 7) is 13.5. The predicted octanol–water partition coefficient (Wildman–Crippen LogP) is 0.150. The van der Waals surface area contributed by atoms with E-state index in [2.05, 4.69) is 40.7 Å². The number of hydrogen-bond donors (Lipinski definition) is 0. The van der Waals surface area contributed by atoms with Crippen molar-refractivity contribution in [3.05, 3.63) is 12.2 Å². The van der Waals surface area contributed by atoms with Crippen molar-refractivity contribution in [3.63, 3.8) is 0 Å². The molecule has 0 unspecified atom stereocenters. The van der Waals surface area contributed by atoms with Crippen molar-refractivity contribution in [1.82, 2.24) is 19.6 Å². The van der Waals surface area contributed by atoms with E-state index in [1.807, 2.05) is 4.90 Å². The zero-order valence-electron chi connectivity index (χ0n) is 18.1. The van der Waals surface area contributed by atoms with Gasteiger partial charge < -0.3 is 14.4 Å². The number of likely N-dealkylation sites (N-methyl/N-ethyl adjacent to an activating group) is 2. The molecular weight excluding hydrogens is 360 g/mol. The van der Waals surface area contributed by atoms with Gasteiger partial charge in [-0.1, -0.05) is 26.0 Å². The molecule has 8 nitrogen and oxygen atoms in total. The molecule has 28 heavy (non-hydrogen) atoms. The highest BCUT2D eigenvalue weighted by molar-refractivity contribution is 5.71. The first-order valence-electron chi connectivity index (χ1n) is 10.2. The van der Waals surface area contributed by atoms with Crippen LogP contribution in [0.5, 0.6) is 0 Å². The lowest BCUT2D eigenvalue weighted by Gasteiger charge is -2.30. The highest BCUT2D eigenvalue weighted by Gasteiger charge is 2.16. The molecule has 0 bridgehead atoms. The molecule has 0 atom stereocenters. The monoisotopic (exact) mass is 398 g/mol. The Balaban J connectivity index is 2.86. The average Bonchev–Trinajstić information content (AvgIpc) is 2.71. The van der Waals surface area contributed by atoms with Gasteiger partial charge in [-0.2, -0.15) is 0 Å². The normalized spacial score (nSPS) is 19.9. The van der Waals surface area contributed by atoms with E-state index in [1.165, 1.54) is 14.2 Å². The summed E-state index contributed by atoms with van der Waals surface area (Å²) in [6.07, 6.45) is 4.28. The molecule has 162 valence electrons. The van der Waals surface area contributed by atoms with Gasteiger partial charge in [0.05, 0.1) is 27.3 Å². The number of carbonyl (C=O) groups excluding carboxylic acids is 2. The van der Waals surface area contributed by atoms with E-state index in [1.54, 1.807) is 0 Å². The molecule has 0 amide bonds. The summed E-state index contributed by atoms with van der Waals surface area (Å²) in [7, 11) is 2.82. The Kier molecular flexibility index (Phi) is 12.7. The van der Waals surface area contributed by atoms with Crippen LogP contribution in [0.15, 0.2) is 12.2 Å². The van der Waals surface area contributed by atoms with Crippen molar-refractivity contribution in [1.29, 1.82) is 0 Å². The summed E-state index contributed by atoms with van der Waals surface area (Å²) < 4.78 is 9.68. The van der Waals surface area contributed by atoms with Gasteiger partial charge in [-0.25, -0.2) is 0 Å². The van der Waals surface area contributed by atoms with Gasteiger partial charge in [-0.15, -0.1) is 0 Å². The lowest BCUT2D eigenvalue weighted by atomic mass is 10.3. The Morgan fingerprint density at radius 1 is 0.679 bits per heavy atom. The van der Waals surface area contributed by atoms with Gasteiger partial charge in [0, 0.05) is 52.4 Å². The molecule has 0 aromatic heterocycles. The van der Waals surface area contributed by atoms with Crippen LogP contribution in [0.4, 0.5) is 0 Å². The third-order valence-corrected chi connectivity index (χ3v) is 5.15. The topological polar surface area (TPSA) is 65.6 Å². The molecule has 8 heteroatoms. The second-order valence-corrected chi connectivity index (χ2v) is 6.96. The second-order valence-electron chi connectivity index (χ2n) is 6.96. The van der Waals surface area contributed by atoms with Crippen LogP contribution >= 0.6 is 0 Å². The van der Waals surface area contributed by atoms with E-state index in [0.717, 1.165) is 45.8 Å². The highest BCUT2D eigenvalue weighted by Crippen LogP contribution is 2.00. The fraction of sp³-hybridized carbons (Fsp3) is 0.800. The number of nitrogens with zero attached hydrogens (tertiary/aromatic N) is 4. The third-order valence-electron chi connectivity index (χ3n) is 5.15. The highest BCUT2D eigenvalue weighted by atomic mass is 16.5. The van der Waals surface area contributed by atoms with Crippen molar-refractivity contribution in [2.45, 2.75) is 13.8 Å². The first kappa shape index (κ1) is 24.6. The molecule has 0 aromatic rings. The van der Waals surface area contributed by atoms with Gasteiger partial charge in [0.1, 0.15) is 0 Å². The van der Waals surface area contributed by atoms with Crippen LogP contribution in [-0.2, 0) is 19.1 Å². The van der Waals surface area contributed by atoms with Gasteiger partial charge in [0.25, 0.3) is 0 Å². The molecule has 0 radical (unpaired) electrons. The van der Waals surface area contributed by atoms with E-state index < -0.39 is 0 Å². The van der Waals surface area contributed by atoms with Crippen molar-refractivity contribution >= 4 is 11.9 Å². The minimum Gasteiger partial charge on any atom is -0.468 e. The van der Waals surface area contributed by atoms with Gasteiger partial charge in [0.2, 0.25) is 0 Å². The fourth-order valence-electron chi connectivity index (χ4n) is 3.10. The van der Waals surface area contributed by atoms with Crippen molar-refractivity contribution in [3.8, 4) is 0 Å². The molecule has 0 saturated heterocycles. The zero-order chi connectivity index (χ0) is 20.8.